The molecule has 2 fully saturated rings. The Bertz CT molecular complexity index is 486. The van der Waals surface area contributed by atoms with Crippen LogP contribution in [0.25, 0.3) is 0 Å². The average Bonchev–Trinajstić information content (AvgIpc) is 2.94. The van der Waals surface area contributed by atoms with Crippen molar-refractivity contribution in [2.45, 2.75) is 24.9 Å². The topological polar surface area (TPSA) is 61.3 Å². The van der Waals surface area contributed by atoms with Crippen molar-refractivity contribution in [3.63, 3.8) is 0 Å². The number of nitrogens with zero attached hydrogens (tertiary/aromatic N) is 2. The highest BCUT2D eigenvalue weighted by atomic mass is 32.2. The number of hydrogen-bond acceptors (Lipinski definition) is 6. The first-order valence-corrected chi connectivity index (χ1v) is 8.02. The number of methoxy groups -OCH3 is 1. The number of aromatic nitrogens is 2. The number of thioether (sulfide) groups is 1. The maximum atomic E-state index is 12.5. The molecule has 2 aliphatic heterocycles. The molecule has 0 aromatic carbocycles. The van der Waals surface area contributed by atoms with E-state index in [1.54, 1.807) is 12.1 Å². The molecule has 1 spiro atoms. The Hall–Kier alpha value is -1.14. The molecule has 1 aromatic heterocycles. The fourth-order valence-electron chi connectivity index (χ4n) is 2.88. The number of rotatable bonds is 3. The fourth-order valence-corrected chi connectivity index (χ4v) is 4.26. The first-order chi connectivity index (χ1) is 9.72. The van der Waals surface area contributed by atoms with Crippen LogP contribution in [0.15, 0.2) is 12.1 Å². The van der Waals surface area contributed by atoms with Crippen LogP contribution in [0.5, 0.6) is 5.88 Å². The van der Waals surface area contributed by atoms with Gasteiger partial charge in [0.2, 0.25) is 5.88 Å². The summed E-state index contributed by atoms with van der Waals surface area (Å²) in [5.74, 6) is 2.65. The molecule has 6 heteroatoms. The molecule has 0 N–H and O–H groups in total. The van der Waals surface area contributed by atoms with Gasteiger partial charge in [-0.15, -0.1) is 10.2 Å². The predicted octanol–water partition coefficient (Wildman–Crippen LogP) is 1.97. The summed E-state index contributed by atoms with van der Waals surface area (Å²) in [5, 5.41) is 7.84. The van der Waals surface area contributed by atoms with Gasteiger partial charge < -0.3 is 9.47 Å². The van der Waals surface area contributed by atoms with Crippen LogP contribution >= 0.6 is 11.8 Å². The van der Waals surface area contributed by atoms with Gasteiger partial charge in [0.25, 0.3) is 0 Å². The minimum absolute atomic E-state index is 0.00476. The van der Waals surface area contributed by atoms with Gasteiger partial charge in [-0.05, 0) is 31.1 Å². The van der Waals surface area contributed by atoms with Gasteiger partial charge in [-0.3, -0.25) is 4.79 Å². The van der Waals surface area contributed by atoms with E-state index in [4.69, 9.17) is 9.47 Å². The molecule has 0 saturated carbocycles. The normalized spacial score (nSPS) is 29.6. The highest BCUT2D eigenvalue weighted by molar-refractivity contribution is 7.99. The van der Waals surface area contributed by atoms with Crippen LogP contribution in [0.3, 0.4) is 0 Å². The monoisotopic (exact) mass is 294 g/mol. The standard InChI is InChI=1S/C14H18N2O3S/c1-18-12-3-2-11(15-16-12)13(17)10-4-6-19-14(8-10)5-7-20-9-14/h2-3,10H,4-9H2,1H3. The van der Waals surface area contributed by atoms with Gasteiger partial charge in [-0.1, -0.05) is 0 Å². The third-order valence-corrected chi connectivity index (χ3v) is 5.26. The second-order valence-electron chi connectivity index (χ2n) is 5.35. The van der Waals surface area contributed by atoms with Crippen LogP contribution in [-0.4, -0.2) is 46.8 Å². The van der Waals surface area contributed by atoms with E-state index in [9.17, 15) is 4.79 Å². The quantitative estimate of drug-likeness (QED) is 0.794. The van der Waals surface area contributed by atoms with Crippen molar-refractivity contribution >= 4 is 17.5 Å². The molecule has 108 valence electrons. The van der Waals surface area contributed by atoms with E-state index in [2.05, 4.69) is 10.2 Å². The Kier molecular flexibility index (Phi) is 3.94. The van der Waals surface area contributed by atoms with E-state index < -0.39 is 0 Å². The van der Waals surface area contributed by atoms with Crippen molar-refractivity contribution in [1.29, 1.82) is 0 Å². The summed E-state index contributed by atoms with van der Waals surface area (Å²) in [5.41, 5.74) is 0.349. The lowest BCUT2D eigenvalue weighted by Gasteiger charge is -2.36. The van der Waals surface area contributed by atoms with Gasteiger partial charge in [0.05, 0.1) is 12.7 Å². The van der Waals surface area contributed by atoms with Crippen molar-refractivity contribution in [3.05, 3.63) is 17.8 Å². The predicted molar refractivity (Wildman–Crippen MR) is 76.3 cm³/mol. The average molecular weight is 294 g/mol. The summed E-state index contributed by atoms with van der Waals surface area (Å²) < 4.78 is 10.9. The zero-order valence-electron chi connectivity index (χ0n) is 11.5. The smallest absolute Gasteiger partial charge is 0.233 e. The third-order valence-electron chi connectivity index (χ3n) is 4.03. The zero-order chi connectivity index (χ0) is 14.0. The van der Waals surface area contributed by atoms with Crippen LogP contribution < -0.4 is 4.74 Å². The maximum absolute atomic E-state index is 12.5. The molecule has 20 heavy (non-hydrogen) atoms. The summed E-state index contributed by atoms with van der Waals surface area (Å²) in [4.78, 5) is 12.5. The number of Topliss-reactive ketones (excluding diaryl/α,β-unsaturated/α-hetero) is 1. The van der Waals surface area contributed by atoms with Crippen LogP contribution in [-0.2, 0) is 4.74 Å². The summed E-state index contributed by atoms with van der Waals surface area (Å²) in [6.07, 6.45) is 2.64. The van der Waals surface area contributed by atoms with E-state index in [1.165, 1.54) is 7.11 Å². The first kappa shape index (κ1) is 13.8. The number of hydrogen-bond donors (Lipinski definition) is 0. The van der Waals surface area contributed by atoms with Crippen molar-refractivity contribution in [2.24, 2.45) is 5.92 Å². The van der Waals surface area contributed by atoms with E-state index in [1.807, 2.05) is 11.8 Å². The molecule has 0 bridgehead atoms. The summed E-state index contributed by atoms with van der Waals surface area (Å²) in [7, 11) is 1.53. The fraction of sp³-hybridized carbons (Fsp3) is 0.643. The molecule has 3 rings (SSSR count). The third kappa shape index (κ3) is 2.67. The van der Waals surface area contributed by atoms with Gasteiger partial charge >= 0.3 is 0 Å². The van der Waals surface area contributed by atoms with Crippen LogP contribution in [0, 0.1) is 5.92 Å². The van der Waals surface area contributed by atoms with E-state index in [0.717, 1.165) is 30.8 Å². The minimum atomic E-state index is -0.0802. The molecule has 0 amide bonds. The second-order valence-corrected chi connectivity index (χ2v) is 6.45. The van der Waals surface area contributed by atoms with Crippen molar-refractivity contribution in [2.75, 3.05) is 25.2 Å². The van der Waals surface area contributed by atoms with Crippen molar-refractivity contribution in [3.8, 4) is 5.88 Å². The molecule has 3 heterocycles. The Balaban J connectivity index is 1.72. The van der Waals surface area contributed by atoms with E-state index in [-0.39, 0.29) is 17.3 Å². The Morgan fingerprint density at radius 3 is 3.05 bits per heavy atom. The lowest BCUT2D eigenvalue weighted by atomic mass is 9.82. The highest BCUT2D eigenvalue weighted by Gasteiger charge is 2.42. The van der Waals surface area contributed by atoms with Gasteiger partial charge in [0.15, 0.2) is 5.78 Å². The molecule has 2 atom stereocenters. The number of carbonyl (C=O) groups is 1. The van der Waals surface area contributed by atoms with Crippen LogP contribution in [0.4, 0.5) is 0 Å². The van der Waals surface area contributed by atoms with Crippen LogP contribution in [0.2, 0.25) is 0 Å². The molecule has 0 radical (unpaired) electrons. The lowest BCUT2D eigenvalue weighted by Crippen LogP contribution is -2.42. The van der Waals surface area contributed by atoms with Crippen molar-refractivity contribution in [1.82, 2.24) is 10.2 Å². The minimum Gasteiger partial charge on any atom is -0.480 e. The maximum Gasteiger partial charge on any atom is 0.233 e. The zero-order valence-corrected chi connectivity index (χ0v) is 12.3. The molecular weight excluding hydrogens is 276 g/mol. The number of ketones is 1. The Labute approximate surface area is 122 Å². The lowest BCUT2D eigenvalue weighted by molar-refractivity contribution is -0.0735. The Morgan fingerprint density at radius 1 is 1.50 bits per heavy atom. The van der Waals surface area contributed by atoms with E-state index in [0.29, 0.717) is 18.2 Å². The van der Waals surface area contributed by atoms with E-state index >= 15 is 0 Å². The van der Waals surface area contributed by atoms with Gasteiger partial charge in [-0.25, -0.2) is 0 Å². The van der Waals surface area contributed by atoms with Gasteiger partial charge in [-0.2, -0.15) is 11.8 Å². The summed E-state index contributed by atoms with van der Waals surface area (Å²) in [6.45, 7) is 0.667. The van der Waals surface area contributed by atoms with Gasteiger partial charge in [0, 0.05) is 24.3 Å². The largest absolute Gasteiger partial charge is 0.480 e. The molecule has 2 unspecified atom stereocenters. The molecule has 2 aliphatic rings. The Morgan fingerprint density at radius 2 is 2.40 bits per heavy atom. The van der Waals surface area contributed by atoms with Crippen LogP contribution in [0.1, 0.15) is 29.8 Å². The molecule has 0 aliphatic carbocycles. The molecule has 2 saturated heterocycles. The summed E-state index contributed by atoms with van der Waals surface area (Å²) >= 11 is 1.91. The molecular formula is C14H18N2O3S. The molecule has 1 aromatic rings. The highest BCUT2D eigenvalue weighted by Crippen LogP contribution is 2.41. The summed E-state index contributed by atoms with van der Waals surface area (Å²) in [6, 6.07) is 3.38. The second kappa shape index (κ2) is 5.69. The number of carbonyl (C=O) groups excluding carboxylic acids is 1. The molecule has 5 nitrogen and oxygen atoms in total. The first-order valence-electron chi connectivity index (χ1n) is 6.86. The van der Waals surface area contributed by atoms with Gasteiger partial charge in [0.1, 0.15) is 5.69 Å². The number of ether oxygens (including phenoxy) is 2. The SMILES string of the molecule is COc1ccc(C(=O)C2CCOC3(CCSC3)C2)nn1. The van der Waals surface area contributed by atoms with Crippen molar-refractivity contribution < 1.29 is 14.3 Å².